The van der Waals surface area contributed by atoms with E-state index in [9.17, 15) is 19.5 Å². The molecule has 4 rings (SSSR count). The summed E-state index contributed by atoms with van der Waals surface area (Å²) in [4.78, 5) is 41.2. The third-order valence-electron chi connectivity index (χ3n) is 5.42. The van der Waals surface area contributed by atoms with E-state index < -0.39 is 11.9 Å². The third kappa shape index (κ3) is 6.83. The quantitative estimate of drug-likeness (QED) is 0.437. The van der Waals surface area contributed by atoms with Crippen molar-refractivity contribution >= 4 is 52.3 Å². The summed E-state index contributed by atoms with van der Waals surface area (Å²) in [6.07, 6.45) is 0. The van der Waals surface area contributed by atoms with Gasteiger partial charge in [0.2, 0.25) is 11.0 Å². The van der Waals surface area contributed by atoms with E-state index in [-0.39, 0.29) is 41.7 Å². The Morgan fingerprint density at radius 3 is 2.40 bits per heavy atom. The number of carbonyl (C=O) groups excluding carboxylic acids is 2. The van der Waals surface area contributed by atoms with Crippen LogP contribution in [0.1, 0.15) is 20.7 Å². The fourth-order valence-electron chi connectivity index (χ4n) is 3.51. The molecule has 1 fully saturated rings. The maximum Gasteiger partial charge on any atom is 0.337 e. The first kappa shape index (κ1) is 26.2. The van der Waals surface area contributed by atoms with Crippen LogP contribution in [0.15, 0.2) is 48.5 Å². The molecule has 1 aliphatic heterocycles. The minimum Gasteiger partial charge on any atom is -0.478 e. The summed E-state index contributed by atoms with van der Waals surface area (Å²) in [6.45, 7) is 3.38. The van der Waals surface area contributed by atoms with Gasteiger partial charge in [0.1, 0.15) is 5.01 Å². The van der Waals surface area contributed by atoms with Crippen LogP contribution in [-0.4, -0.2) is 82.7 Å². The second kappa shape index (κ2) is 11.8. The van der Waals surface area contributed by atoms with E-state index in [1.165, 1.54) is 29.5 Å². The zero-order chi connectivity index (χ0) is 24.1. The Kier molecular flexibility index (Phi) is 8.88. The molecule has 12 heteroatoms. The topological polar surface area (TPSA) is 128 Å². The molecule has 0 aliphatic carbocycles. The molecule has 3 N–H and O–H groups in total. The molecule has 10 nitrogen and oxygen atoms in total. The molecule has 184 valence electrons. The second-order valence-corrected chi connectivity index (χ2v) is 8.90. The smallest absolute Gasteiger partial charge is 0.337 e. The van der Waals surface area contributed by atoms with Crippen molar-refractivity contribution in [2.45, 2.75) is 0 Å². The van der Waals surface area contributed by atoms with E-state index in [1.807, 2.05) is 42.3 Å². The van der Waals surface area contributed by atoms with Gasteiger partial charge in [-0.25, -0.2) is 4.79 Å². The largest absolute Gasteiger partial charge is 0.478 e. The Morgan fingerprint density at radius 1 is 1.00 bits per heavy atom. The van der Waals surface area contributed by atoms with Gasteiger partial charge in [0, 0.05) is 37.3 Å². The number of piperazine rings is 1. The molecule has 3 aromatic rings. The molecule has 1 aromatic heterocycles. The second-order valence-electron chi connectivity index (χ2n) is 7.93. The van der Waals surface area contributed by atoms with Crippen LogP contribution in [0.3, 0.4) is 0 Å². The number of aromatic carboxylic acids is 1. The average molecular weight is 517 g/mol. The van der Waals surface area contributed by atoms with Crippen LogP contribution in [0.2, 0.25) is 0 Å². The molecule has 1 saturated heterocycles. The van der Waals surface area contributed by atoms with Crippen molar-refractivity contribution in [3.63, 3.8) is 0 Å². The molecule has 2 amide bonds. The lowest BCUT2D eigenvalue weighted by molar-refractivity contribution is -0.117. The molecule has 0 radical (unpaired) electrons. The first-order valence-corrected chi connectivity index (χ1v) is 11.5. The van der Waals surface area contributed by atoms with E-state index in [4.69, 9.17) is 0 Å². The Labute approximate surface area is 212 Å². The number of carbonyl (C=O) groups is 3. The highest BCUT2D eigenvalue weighted by atomic mass is 35.5. The number of halogens is 1. The molecule has 0 spiro atoms. The average Bonchev–Trinajstić information content (AvgIpc) is 3.29. The summed E-state index contributed by atoms with van der Waals surface area (Å²) in [5.74, 6) is -2.01. The van der Waals surface area contributed by atoms with Crippen molar-refractivity contribution in [2.75, 3.05) is 50.4 Å². The Morgan fingerprint density at radius 2 is 1.71 bits per heavy atom. The van der Waals surface area contributed by atoms with Crippen LogP contribution in [0.5, 0.6) is 0 Å². The number of benzene rings is 2. The lowest BCUT2D eigenvalue weighted by Crippen LogP contribution is -2.47. The van der Waals surface area contributed by atoms with Gasteiger partial charge < -0.3 is 15.3 Å². The maximum atomic E-state index is 12.8. The maximum absolute atomic E-state index is 12.8. The van der Waals surface area contributed by atoms with Crippen molar-refractivity contribution in [2.24, 2.45) is 0 Å². The minimum absolute atomic E-state index is 0. The Balaban J connectivity index is 0.00000342. The van der Waals surface area contributed by atoms with Crippen molar-refractivity contribution in [3.05, 3.63) is 59.7 Å². The number of likely N-dealkylation sites (N-methyl/N-ethyl adjacent to an activating group) is 1. The molecule has 0 atom stereocenters. The highest BCUT2D eigenvalue weighted by molar-refractivity contribution is 7.18. The van der Waals surface area contributed by atoms with Crippen LogP contribution in [0.25, 0.3) is 10.6 Å². The number of aromatic nitrogens is 2. The van der Waals surface area contributed by atoms with Gasteiger partial charge in [0.25, 0.3) is 5.91 Å². The summed E-state index contributed by atoms with van der Waals surface area (Å²) >= 11 is 1.22. The van der Waals surface area contributed by atoms with Gasteiger partial charge in [0.05, 0.1) is 17.8 Å². The normalized spacial score (nSPS) is 14.1. The standard InChI is InChI=1S/C23H24N6O4S.ClH/c1-28-9-11-29(12-10-28)14-19(30)24-18-13-16(7-8-17(18)22(32)33)20(31)25-23-27-26-21(34-23)15-5-3-2-4-6-15;/h2-8,13H,9-12,14H2,1H3,(H,24,30)(H,32,33)(H,25,27,31);1H. The molecule has 2 aromatic carbocycles. The van der Waals surface area contributed by atoms with Crippen molar-refractivity contribution in [1.82, 2.24) is 20.0 Å². The van der Waals surface area contributed by atoms with Crippen molar-refractivity contribution < 1.29 is 19.5 Å². The van der Waals surface area contributed by atoms with Gasteiger partial charge in [-0.3, -0.25) is 19.8 Å². The lowest BCUT2D eigenvalue weighted by atomic mass is 10.1. The predicted octanol–water partition coefficient (Wildman–Crippen LogP) is 2.76. The number of nitrogens with one attached hydrogen (secondary N) is 2. The number of hydrogen-bond donors (Lipinski definition) is 3. The molecular formula is C23H25ClN6O4S. The highest BCUT2D eigenvalue weighted by Gasteiger charge is 2.20. The van der Waals surface area contributed by atoms with E-state index >= 15 is 0 Å². The summed E-state index contributed by atoms with van der Waals surface area (Å²) in [5.41, 5.74) is 1.06. The molecule has 0 unspecified atom stereocenters. The summed E-state index contributed by atoms with van der Waals surface area (Å²) in [5, 5.41) is 23.9. The first-order valence-electron chi connectivity index (χ1n) is 10.7. The number of carboxylic acids is 1. The molecule has 0 saturated carbocycles. The SMILES string of the molecule is CN1CCN(CC(=O)Nc2cc(C(=O)Nc3nnc(-c4ccccc4)s3)ccc2C(=O)O)CC1.Cl. The third-order valence-corrected chi connectivity index (χ3v) is 6.30. The Hall–Kier alpha value is -3.38. The fraction of sp³-hybridized carbons (Fsp3) is 0.261. The number of carboxylic acid groups (broad SMARTS) is 1. The summed E-state index contributed by atoms with van der Waals surface area (Å²) in [6, 6.07) is 13.5. The molecule has 2 heterocycles. The van der Waals surface area contributed by atoms with Crippen LogP contribution in [0, 0.1) is 0 Å². The number of nitrogens with zero attached hydrogens (tertiary/aromatic N) is 4. The molecule has 35 heavy (non-hydrogen) atoms. The van der Waals surface area contributed by atoms with Crippen molar-refractivity contribution in [3.8, 4) is 10.6 Å². The number of amides is 2. The van der Waals surface area contributed by atoms with Crippen LogP contribution < -0.4 is 10.6 Å². The molecule has 1 aliphatic rings. The first-order chi connectivity index (χ1) is 16.4. The van der Waals surface area contributed by atoms with Gasteiger partial charge in [-0.1, -0.05) is 41.7 Å². The van der Waals surface area contributed by atoms with Gasteiger partial charge >= 0.3 is 5.97 Å². The number of anilines is 2. The van der Waals surface area contributed by atoms with Gasteiger partial charge in [-0.15, -0.1) is 22.6 Å². The lowest BCUT2D eigenvalue weighted by Gasteiger charge is -2.31. The molecule has 0 bridgehead atoms. The minimum atomic E-state index is -1.20. The molecular weight excluding hydrogens is 492 g/mol. The number of rotatable bonds is 7. The fourth-order valence-corrected chi connectivity index (χ4v) is 4.26. The van der Waals surface area contributed by atoms with Gasteiger partial charge in [0.15, 0.2) is 0 Å². The number of hydrogen-bond acceptors (Lipinski definition) is 8. The predicted molar refractivity (Wildman–Crippen MR) is 137 cm³/mol. The van der Waals surface area contributed by atoms with Gasteiger partial charge in [-0.05, 0) is 25.2 Å². The summed E-state index contributed by atoms with van der Waals surface area (Å²) < 4.78 is 0. The summed E-state index contributed by atoms with van der Waals surface area (Å²) in [7, 11) is 2.03. The Bertz CT molecular complexity index is 1200. The van der Waals surface area contributed by atoms with E-state index in [0.29, 0.717) is 10.1 Å². The van der Waals surface area contributed by atoms with Crippen LogP contribution in [0.4, 0.5) is 10.8 Å². The van der Waals surface area contributed by atoms with Crippen molar-refractivity contribution in [1.29, 1.82) is 0 Å². The van der Waals surface area contributed by atoms with Crippen LogP contribution in [-0.2, 0) is 4.79 Å². The zero-order valence-corrected chi connectivity index (χ0v) is 20.6. The monoisotopic (exact) mass is 516 g/mol. The van der Waals surface area contributed by atoms with Gasteiger partial charge in [-0.2, -0.15) is 0 Å². The van der Waals surface area contributed by atoms with Crippen LogP contribution >= 0.6 is 23.7 Å². The van der Waals surface area contributed by atoms with E-state index in [0.717, 1.165) is 31.7 Å². The zero-order valence-electron chi connectivity index (χ0n) is 18.9. The van der Waals surface area contributed by atoms with E-state index in [2.05, 4.69) is 25.7 Å². The van der Waals surface area contributed by atoms with E-state index in [1.54, 1.807) is 0 Å². The highest BCUT2D eigenvalue weighted by Crippen LogP contribution is 2.26.